The van der Waals surface area contributed by atoms with Crippen LogP contribution in [-0.2, 0) is 9.53 Å². The van der Waals surface area contributed by atoms with E-state index in [9.17, 15) is 9.59 Å². The highest BCUT2D eigenvalue weighted by molar-refractivity contribution is 6.17. The van der Waals surface area contributed by atoms with Gasteiger partial charge in [0.1, 0.15) is 0 Å². The van der Waals surface area contributed by atoms with Crippen molar-refractivity contribution in [2.24, 2.45) is 5.16 Å². The number of carbonyl (C=O) groups is 2. The Morgan fingerprint density at radius 3 is 2.47 bits per heavy atom. The second-order valence-corrected chi connectivity index (χ2v) is 3.07. The minimum Gasteiger partial charge on any atom is -0.465 e. The zero-order valence-electron chi connectivity index (χ0n) is 9.16. The summed E-state index contributed by atoms with van der Waals surface area (Å²) >= 11 is 0. The summed E-state index contributed by atoms with van der Waals surface area (Å²) in [6, 6.07) is 8.42. The van der Waals surface area contributed by atoms with Crippen molar-refractivity contribution in [1.82, 2.24) is 0 Å². The molecule has 0 amide bonds. The van der Waals surface area contributed by atoms with Crippen LogP contribution in [0.4, 0.5) is 0 Å². The molecule has 0 aliphatic heterocycles. The van der Waals surface area contributed by atoms with Crippen molar-refractivity contribution in [3.63, 3.8) is 0 Å². The molecule has 0 fully saturated rings. The van der Waals surface area contributed by atoms with Gasteiger partial charge < -0.3 is 9.94 Å². The van der Waals surface area contributed by atoms with E-state index in [1.54, 1.807) is 30.3 Å². The number of methoxy groups -OCH3 is 1. The second kappa shape index (κ2) is 6.22. The summed E-state index contributed by atoms with van der Waals surface area (Å²) in [5, 5.41) is 11.1. The highest BCUT2D eigenvalue weighted by Gasteiger charge is 2.10. The topological polar surface area (TPSA) is 76.0 Å². The highest BCUT2D eigenvalue weighted by Crippen LogP contribution is 2.04. The zero-order chi connectivity index (χ0) is 12.7. The van der Waals surface area contributed by atoms with E-state index in [-0.39, 0.29) is 11.4 Å². The lowest BCUT2D eigenvalue weighted by Gasteiger charge is -1.99. The van der Waals surface area contributed by atoms with Crippen LogP contribution in [0.25, 0.3) is 0 Å². The second-order valence-electron chi connectivity index (χ2n) is 3.07. The van der Waals surface area contributed by atoms with Gasteiger partial charge in [0.05, 0.1) is 18.9 Å². The molecule has 0 aliphatic carbocycles. The third kappa shape index (κ3) is 3.57. The molecule has 0 aliphatic rings. The predicted molar refractivity (Wildman–Crippen MR) is 61.2 cm³/mol. The molecular formula is C12H11NO4. The summed E-state index contributed by atoms with van der Waals surface area (Å²) in [5.74, 6) is -1.11. The predicted octanol–water partition coefficient (Wildman–Crippen LogP) is 1.43. The Kier molecular flexibility index (Phi) is 4.62. The van der Waals surface area contributed by atoms with Crippen molar-refractivity contribution in [3.8, 4) is 0 Å². The van der Waals surface area contributed by atoms with Crippen LogP contribution in [0.2, 0.25) is 0 Å². The van der Waals surface area contributed by atoms with Crippen LogP contribution in [0.15, 0.2) is 47.1 Å². The Labute approximate surface area is 98.0 Å². The van der Waals surface area contributed by atoms with Crippen LogP contribution in [-0.4, -0.2) is 30.3 Å². The number of ketones is 1. The van der Waals surface area contributed by atoms with Gasteiger partial charge in [-0.15, -0.1) is 0 Å². The molecule has 0 saturated heterocycles. The monoisotopic (exact) mass is 233 g/mol. The van der Waals surface area contributed by atoms with Gasteiger partial charge in [0.25, 0.3) is 0 Å². The minimum absolute atomic E-state index is 0.121. The quantitative estimate of drug-likeness (QED) is 0.213. The zero-order valence-corrected chi connectivity index (χ0v) is 9.16. The lowest BCUT2D eigenvalue weighted by atomic mass is 10.1. The van der Waals surface area contributed by atoms with Crippen molar-refractivity contribution in [2.45, 2.75) is 0 Å². The number of nitrogens with zero attached hydrogens (tertiary/aromatic N) is 1. The number of benzene rings is 1. The third-order valence-electron chi connectivity index (χ3n) is 1.96. The first-order chi connectivity index (χ1) is 8.19. The number of rotatable bonds is 4. The van der Waals surface area contributed by atoms with E-state index in [1.807, 2.05) is 0 Å². The van der Waals surface area contributed by atoms with Crippen LogP contribution >= 0.6 is 0 Å². The maximum absolute atomic E-state index is 11.7. The van der Waals surface area contributed by atoms with Gasteiger partial charge in [-0.1, -0.05) is 35.5 Å². The molecule has 5 nitrogen and oxygen atoms in total. The van der Waals surface area contributed by atoms with Crippen molar-refractivity contribution in [1.29, 1.82) is 0 Å². The highest BCUT2D eigenvalue weighted by atomic mass is 16.5. The first-order valence-electron chi connectivity index (χ1n) is 4.76. The number of oxime groups is 1. The number of carbonyl (C=O) groups excluding carboxylic acids is 2. The van der Waals surface area contributed by atoms with E-state index in [2.05, 4.69) is 9.89 Å². The minimum atomic E-state index is -0.743. The normalized spacial score (nSPS) is 11.5. The van der Waals surface area contributed by atoms with Crippen LogP contribution in [0, 0.1) is 0 Å². The summed E-state index contributed by atoms with van der Waals surface area (Å²) in [7, 11) is 1.17. The Morgan fingerprint density at radius 1 is 1.29 bits per heavy atom. The third-order valence-corrected chi connectivity index (χ3v) is 1.96. The van der Waals surface area contributed by atoms with Gasteiger partial charge in [0, 0.05) is 11.6 Å². The van der Waals surface area contributed by atoms with Crippen LogP contribution in [0.1, 0.15) is 10.4 Å². The van der Waals surface area contributed by atoms with Crippen molar-refractivity contribution >= 4 is 18.0 Å². The number of esters is 1. The van der Waals surface area contributed by atoms with Gasteiger partial charge in [-0.25, -0.2) is 4.79 Å². The van der Waals surface area contributed by atoms with Gasteiger partial charge in [-0.3, -0.25) is 4.79 Å². The van der Waals surface area contributed by atoms with E-state index in [0.717, 1.165) is 12.3 Å². The lowest BCUT2D eigenvalue weighted by Crippen LogP contribution is -2.08. The van der Waals surface area contributed by atoms with Crippen molar-refractivity contribution in [3.05, 3.63) is 47.5 Å². The molecule has 17 heavy (non-hydrogen) atoms. The Balaban J connectivity index is 2.99. The molecule has 0 bridgehead atoms. The van der Waals surface area contributed by atoms with Crippen LogP contribution in [0.3, 0.4) is 0 Å². The molecule has 88 valence electrons. The molecule has 0 radical (unpaired) electrons. The summed E-state index contributed by atoms with van der Waals surface area (Å²) < 4.78 is 4.44. The molecule has 0 atom stereocenters. The fourth-order valence-electron chi connectivity index (χ4n) is 1.16. The molecule has 1 aromatic carbocycles. The van der Waals surface area contributed by atoms with E-state index in [4.69, 9.17) is 5.21 Å². The molecule has 0 unspecified atom stereocenters. The Hall–Kier alpha value is -2.43. The number of hydrogen-bond acceptors (Lipinski definition) is 5. The lowest BCUT2D eigenvalue weighted by molar-refractivity contribution is -0.135. The molecule has 0 spiro atoms. The first kappa shape index (κ1) is 12.6. The molecule has 1 rings (SSSR count). The van der Waals surface area contributed by atoms with Gasteiger partial charge in [0.15, 0.2) is 5.78 Å². The largest absolute Gasteiger partial charge is 0.465 e. The SMILES string of the molecule is COC(=O)C(/C=N/O)=C/C(=O)c1ccccc1. The van der Waals surface area contributed by atoms with E-state index in [0.29, 0.717) is 5.56 Å². The fourth-order valence-corrected chi connectivity index (χ4v) is 1.16. The van der Waals surface area contributed by atoms with E-state index < -0.39 is 5.97 Å². The standard InChI is InChI=1S/C12H11NO4/c1-17-12(15)10(8-13-16)7-11(14)9-5-3-2-4-6-9/h2-8,16H,1H3/b10-7+,13-8+. The number of hydrogen-bond donors (Lipinski definition) is 1. The van der Waals surface area contributed by atoms with Crippen LogP contribution < -0.4 is 0 Å². The average molecular weight is 233 g/mol. The van der Waals surface area contributed by atoms with Crippen LogP contribution in [0.5, 0.6) is 0 Å². The molecule has 1 aromatic rings. The molecule has 1 N–H and O–H groups in total. The first-order valence-corrected chi connectivity index (χ1v) is 4.76. The maximum Gasteiger partial charge on any atom is 0.339 e. The van der Waals surface area contributed by atoms with Gasteiger partial charge in [-0.05, 0) is 0 Å². The summed E-state index contributed by atoms with van der Waals surface area (Å²) in [5.41, 5.74) is 0.309. The molecule has 5 heteroatoms. The van der Waals surface area contributed by atoms with E-state index in [1.165, 1.54) is 7.11 Å². The summed E-state index contributed by atoms with van der Waals surface area (Å²) in [6.07, 6.45) is 1.91. The van der Waals surface area contributed by atoms with Gasteiger partial charge in [-0.2, -0.15) is 0 Å². The number of ether oxygens (including phenoxy) is 1. The Bertz CT molecular complexity index is 463. The van der Waals surface area contributed by atoms with Gasteiger partial charge in [0.2, 0.25) is 0 Å². The molecule has 0 heterocycles. The molecule has 0 saturated carbocycles. The summed E-state index contributed by atoms with van der Waals surface area (Å²) in [4.78, 5) is 22.9. The van der Waals surface area contributed by atoms with Crippen molar-refractivity contribution < 1.29 is 19.5 Å². The maximum atomic E-state index is 11.7. The van der Waals surface area contributed by atoms with E-state index >= 15 is 0 Å². The van der Waals surface area contributed by atoms with Gasteiger partial charge >= 0.3 is 5.97 Å². The smallest absolute Gasteiger partial charge is 0.339 e. The fraction of sp³-hybridized carbons (Fsp3) is 0.0833. The molecule has 0 aromatic heterocycles. The summed E-state index contributed by atoms with van der Waals surface area (Å²) in [6.45, 7) is 0. The average Bonchev–Trinajstić information content (AvgIpc) is 2.38. The van der Waals surface area contributed by atoms with Crippen molar-refractivity contribution in [2.75, 3.05) is 7.11 Å². The number of allylic oxidation sites excluding steroid dienone is 1. The Morgan fingerprint density at radius 2 is 1.94 bits per heavy atom. The molecular weight excluding hydrogens is 222 g/mol.